The maximum absolute atomic E-state index is 11.8. The van der Waals surface area contributed by atoms with Crippen molar-refractivity contribution in [2.75, 3.05) is 0 Å². The van der Waals surface area contributed by atoms with Crippen LogP contribution in [-0.4, -0.2) is 18.0 Å². The van der Waals surface area contributed by atoms with Crippen molar-refractivity contribution in [2.45, 2.75) is 70.9 Å². The van der Waals surface area contributed by atoms with Gasteiger partial charge in [0, 0.05) is 6.04 Å². The molecule has 1 saturated carbocycles. The maximum atomic E-state index is 11.8. The fourth-order valence-corrected chi connectivity index (χ4v) is 2.54. The highest BCUT2D eigenvalue weighted by Gasteiger charge is 2.23. The summed E-state index contributed by atoms with van der Waals surface area (Å²) in [6.45, 7) is 4.29. The molecule has 16 heavy (non-hydrogen) atoms. The molecule has 3 heteroatoms. The number of nitrogens with one attached hydrogen (secondary N) is 1. The number of carbonyl (C=O) groups is 1. The van der Waals surface area contributed by atoms with E-state index >= 15 is 0 Å². The standard InChI is InChI=1S/C13H26N2O/c1-3-6-12(14)13(16)15-11-8-5-7-10(4-2)9-11/h10-12H,3-9,14H2,1-2H3,(H,15,16)/t10?,11?,12-/m0/s1. The Labute approximate surface area is 99.2 Å². The van der Waals surface area contributed by atoms with Gasteiger partial charge in [-0.3, -0.25) is 4.79 Å². The van der Waals surface area contributed by atoms with Gasteiger partial charge in [-0.15, -0.1) is 0 Å². The smallest absolute Gasteiger partial charge is 0.237 e. The summed E-state index contributed by atoms with van der Waals surface area (Å²) in [5, 5.41) is 3.10. The minimum Gasteiger partial charge on any atom is -0.352 e. The van der Waals surface area contributed by atoms with Gasteiger partial charge in [-0.2, -0.15) is 0 Å². The highest BCUT2D eigenvalue weighted by molar-refractivity contribution is 5.81. The van der Waals surface area contributed by atoms with Gasteiger partial charge in [0.1, 0.15) is 0 Å². The lowest BCUT2D eigenvalue weighted by molar-refractivity contribution is -0.123. The summed E-state index contributed by atoms with van der Waals surface area (Å²) in [5.41, 5.74) is 5.80. The lowest BCUT2D eigenvalue weighted by Gasteiger charge is -2.29. The minimum atomic E-state index is -0.313. The molecule has 0 aliphatic heterocycles. The summed E-state index contributed by atoms with van der Waals surface area (Å²) < 4.78 is 0. The van der Waals surface area contributed by atoms with Crippen molar-refractivity contribution in [1.82, 2.24) is 5.32 Å². The van der Waals surface area contributed by atoms with E-state index in [1.165, 1.54) is 19.3 Å². The molecule has 1 rings (SSSR count). The Balaban J connectivity index is 2.32. The first-order valence-electron chi connectivity index (χ1n) is 6.73. The van der Waals surface area contributed by atoms with Crippen LogP contribution in [0.4, 0.5) is 0 Å². The van der Waals surface area contributed by atoms with Crippen molar-refractivity contribution in [3.63, 3.8) is 0 Å². The third kappa shape index (κ3) is 4.12. The van der Waals surface area contributed by atoms with Crippen molar-refractivity contribution >= 4 is 5.91 Å². The lowest BCUT2D eigenvalue weighted by Crippen LogP contribution is -2.46. The van der Waals surface area contributed by atoms with Gasteiger partial charge >= 0.3 is 0 Å². The molecule has 3 N–H and O–H groups in total. The van der Waals surface area contributed by atoms with Gasteiger partial charge in [0.05, 0.1) is 6.04 Å². The van der Waals surface area contributed by atoms with E-state index in [-0.39, 0.29) is 11.9 Å². The third-order valence-corrected chi connectivity index (χ3v) is 3.64. The van der Waals surface area contributed by atoms with Gasteiger partial charge in [-0.05, 0) is 25.2 Å². The van der Waals surface area contributed by atoms with Crippen molar-refractivity contribution in [3.8, 4) is 0 Å². The molecule has 0 aromatic heterocycles. The number of hydrogen-bond acceptors (Lipinski definition) is 2. The van der Waals surface area contributed by atoms with E-state index in [0.717, 1.165) is 31.6 Å². The summed E-state index contributed by atoms with van der Waals surface area (Å²) in [6, 6.07) is 0.0566. The summed E-state index contributed by atoms with van der Waals surface area (Å²) in [7, 11) is 0. The highest BCUT2D eigenvalue weighted by Crippen LogP contribution is 2.26. The van der Waals surface area contributed by atoms with Crippen LogP contribution in [0.5, 0.6) is 0 Å². The van der Waals surface area contributed by atoms with E-state index in [9.17, 15) is 4.79 Å². The van der Waals surface area contributed by atoms with E-state index in [2.05, 4.69) is 19.2 Å². The predicted molar refractivity (Wildman–Crippen MR) is 67.1 cm³/mol. The van der Waals surface area contributed by atoms with Gasteiger partial charge in [0.2, 0.25) is 5.91 Å². The van der Waals surface area contributed by atoms with Crippen molar-refractivity contribution < 1.29 is 4.79 Å². The predicted octanol–water partition coefficient (Wildman–Crippen LogP) is 2.20. The van der Waals surface area contributed by atoms with Crippen LogP contribution in [-0.2, 0) is 4.79 Å². The monoisotopic (exact) mass is 226 g/mol. The Morgan fingerprint density at radius 3 is 2.81 bits per heavy atom. The summed E-state index contributed by atoms with van der Waals surface area (Å²) >= 11 is 0. The first-order chi connectivity index (χ1) is 7.67. The molecule has 0 spiro atoms. The molecule has 1 aliphatic carbocycles. The Morgan fingerprint density at radius 1 is 1.44 bits per heavy atom. The number of hydrogen-bond donors (Lipinski definition) is 2. The Hall–Kier alpha value is -0.570. The van der Waals surface area contributed by atoms with Crippen molar-refractivity contribution in [2.24, 2.45) is 11.7 Å². The topological polar surface area (TPSA) is 55.1 Å². The second-order valence-corrected chi connectivity index (χ2v) is 5.04. The molecule has 94 valence electrons. The Morgan fingerprint density at radius 2 is 2.19 bits per heavy atom. The minimum absolute atomic E-state index is 0.0450. The molecule has 0 radical (unpaired) electrons. The molecule has 0 heterocycles. The molecule has 0 aromatic rings. The molecular weight excluding hydrogens is 200 g/mol. The summed E-state index contributed by atoms with van der Waals surface area (Å²) in [6.07, 6.45) is 7.82. The quantitative estimate of drug-likeness (QED) is 0.755. The van der Waals surface area contributed by atoms with Gasteiger partial charge in [0.15, 0.2) is 0 Å². The van der Waals surface area contributed by atoms with Gasteiger partial charge in [-0.25, -0.2) is 0 Å². The highest BCUT2D eigenvalue weighted by atomic mass is 16.2. The average molecular weight is 226 g/mol. The third-order valence-electron chi connectivity index (χ3n) is 3.64. The zero-order valence-electron chi connectivity index (χ0n) is 10.7. The number of rotatable bonds is 5. The van der Waals surface area contributed by atoms with Crippen molar-refractivity contribution in [1.29, 1.82) is 0 Å². The largest absolute Gasteiger partial charge is 0.352 e. The normalized spacial score (nSPS) is 27.4. The summed E-state index contributed by atoms with van der Waals surface area (Å²) in [5.74, 6) is 0.838. The number of amides is 1. The van der Waals surface area contributed by atoms with E-state index in [4.69, 9.17) is 5.73 Å². The molecule has 2 unspecified atom stereocenters. The van der Waals surface area contributed by atoms with E-state index in [1.54, 1.807) is 0 Å². The molecule has 0 bridgehead atoms. The van der Waals surface area contributed by atoms with Crippen LogP contribution < -0.4 is 11.1 Å². The van der Waals surface area contributed by atoms with Gasteiger partial charge in [-0.1, -0.05) is 39.5 Å². The Bertz CT molecular complexity index is 218. The molecule has 1 aliphatic rings. The van der Waals surface area contributed by atoms with Crippen LogP contribution in [0.1, 0.15) is 58.8 Å². The zero-order valence-corrected chi connectivity index (χ0v) is 10.7. The van der Waals surface area contributed by atoms with Crippen LogP contribution in [0.3, 0.4) is 0 Å². The lowest BCUT2D eigenvalue weighted by atomic mass is 9.84. The molecular formula is C13H26N2O. The first kappa shape index (κ1) is 13.5. The van der Waals surface area contributed by atoms with Crippen LogP contribution in [0.15, 0.2) is 0 Å². The van der Waals surface area contributed by atoms with E-state index < -0.39 is 0 Å². The first-order valence-corrected chi connectivity index (χ1v) is 6.73. The molecule has 3 atom stereocenters. The van der Waals surface area contributed by atoms with Gasteiger partial charge < -0.3 is 11.1 Å². The fourth-order valence-electron chi connectivity index (χ4n) is 2.54. The fraction of sp³-hybridized carbons (Fsp3) is 0.923. The van der Waals surface area contributed by atoms with Crippen LogP contribution in [0.25, 0.3) is 0 Å². The SMILES string of the molecule is CCC[C@H](N)C(=O)NC1CCCC(CC)C1. The second-order valence-electron chi connectivity index (χ2n) is 5.04. The van der Waals surface area contributed by atoms with E-state index in [0.29, 0.717) is 6.04 Å². The molecule has 0 saturated heterocycles. The van der Waals surface area contributed by atoms with Crippen LogP contribution >= 0.6 is 0 Å². The maximum Gasteiger partial charge on any atom is 0.237 e. The molecule has 1 fully saturated rings. The van der Waals surface area contributed by atoms with Gasteiger partial charge in [0.25, 0.3) is 0 Å². The number of nitrogens with two attached hydrogens (primary N) is 1. The van der Waals surface area contributed by atoms with Crippen LogP contribution in [0.2, 0.25) is 0 Å². The average Bonchev–Trinajstić information content (AvgIpc) is 2.29. The summed E-state index contributed by atoms with van der Waals surface area (Å²) in [4.78, 5) is 11.8. The second kappa shape index (κ2) is 6.89. The molecule has 0 aromatic carbocycles. The van der Waals surface area contributed by atoms with Crippen LogP contribution in [0, 0.1) is 5.92 Å². The molecule has 1 amide bonds. The van der Waals surface area contributed by atoms with E-state index in [1.807, 2.05) is 0 Å². The van der Waals surface area contributed by atoms with Crippen molar-refractivity contribution in [3.05, 3.63) is 0 Å². The zero-order chi connectivity index (χ0) is 12.0. The Kier molecular flexibility index (Phi) is 5.81. The number of carbonyl (C=O) groups excluding carboxylic acids is 1. The molecule has 3 nitrogen and oxygen atoms in total.